The second-order valence-corrected chi connectivity index (χ2v) is 5.92. The number of benzene rings is 2. The molecule has 0 bridgehead atoms. The van der Waals surface area contributed by atoms with Gasteiger partial charge in [0.1, 0.15) is 11.6 Å². The van der Waals surface area contributed by atoms with Gasteiger partial charge in [-0.2, -0.15) is 4.98 Å². The standard InChI is InChI=1S/C20H22N4O/c1-13-8-7-10-16(15(13)3)23-20-21-14(2)12-19(24-20)22-17-9-5-6-11-18(17)25-4/h5-12H,1-4H3,(H2,21,22,23,24). The van der Waals surface area contributed by atoms with Crippen molar-refractivity contribution in [2.45, 2.75) is 20.8 Å². The van der Waals surface area contributed by atoms with Crippen LogP contribution in [-0.4, -0.2) is 17.1 Å². The number of para-hydroxylation sites is 2. The highest BCUT2D eigenvalue weighted by Crippen LogP contribution is 2.27. The number of nitrogens with zero attached hydrogens (tertiary/aromatic N) is 2. The molecular formula is C20H22N4O. The second-order valence-electron chi connectivity index (χ2n) is 5.92. The van der Waals surface area contributed by atoms with Crippen LogP contribution in [0.1, 0.15) is 16.8 Å². The third-order valence-corrected chi connectivity index (χ3v) is 4.08. The molecule has 5 nitrogen and oxygen atoms in total. The van der Waals surface area contributed by atoms with E-state index in [1.807, 2.05) is 49.4 Å². The zero-order chi connectivity index (χ0) is 17.8. The van der Waals surface area contributed by atoms with Crippen molar-refractivity contribution in [3.8, 4) is 5.75 Å². The minimum atomic E-state index is 0.561. The third kappa shape index (κ3) is 3.88. The molecule has 128 valence electrons. The van der Waals surface area contributed by atoms with E-state index in [-0.39, 0.29) is 0 Å². The average molecular weight is 334 g/mol. The normalized spacial score (nSPS) is 10.4. The summed E-state index contributed by atoms with van der Waals surface area (Å²) in [6.45, 7) is 6.12. The molecule has 1 heterocycles. The van der Waals surface area contributed by atoms with Gasteiger partial charge in [-0.1, -0.05) is 24.3 Å². The maximum Gasteiger partial charge on any atom is 0.229 e. The highest BCUT2D eigenvalue weighted by molar-refractivity contribution is 5.66. The maximum atomic E-state index is 5.38. The molecule has 2 aromatic carbocycles. The van der Waals surface area contributed by atoms with Gasteiger partial charge in [0, 0.05) is 17.4 Å². The highest BCUT2D eigenvalue weighted by atomic mass is 16.5. The number of aromatic nitrogens is 2. The Labute approximate surface area is 148 Å². The quantitative estimate of drug-likeness (QED) is 0.695. The molecule has 0 saturated heterocycles. The topological polar surface area (TPSA) is 59.1 Å². The van der Waals surface area contributed by atoms with Crippen LogP contribution >= 0.6 is 0 Å². The van der Waals surface area contributed by atoms with Crippen LogP contribution in [0.3, 0.4) is 0 Å². The Morgan fingerprint density at radius 3 is 2.40 bits per heavy atom. The molecule has 0 saturated carbocycles. The third-order valence-electron chi connectivity index (χ3n) is 4.08. The summed E-state index contributed by atoms with van der Waals surface area (Å²) in [6, 6.07) is 15.8. The fourth-order valence-electron chi connectivity index (χ4n) is 2.58. The fourth-order valence-corrected chi connectivity index (χ4v) is 2.58. The number of ether oxygens (including phenoxy) is 1. The van der Waals surface area contributed by atoms with E-state index in [1.165, 1.54) is 11.1 Å². The second kappa shape index (κ2) is 7.21. The molecule has 5 heteroatoms. The summed E-state index contributed by atoms with van der Waals surface area (Å²) in [5, 5.41) is 6.62. The predicted molar refractivity (Wildman–Crippen MR) is 102 cm³/mol. The SMILES string of the molecule is COc1ccccc1Nc1cc(C)nc(Nc2cccc(C)c2C)n1. The van der Waals surface area contributed by atoms with Crippen molar-refractivity contribution in [3.05, 3.63) is 65.4 Å². The van der Waals surface area contributed by atoms with Crippen molar-refractivity contribution in [2.75, 3.05) is 17.7 Å². The monoisotopic (exact) mass is 334 g/mol. The summed E-state index contributed by atoms with van der Waals surface area (Å²) in [7, 11) is 1.65. The van der Waals surface area contributed by atoms with Crippen LogP contribution < -0.4 is 15.4 Å². The predicted octanol–water partition coefficient (Wildman–Crippen LogP) is 4.90. The molecule has 3 aromatic rings. The van der Waals surface area contributed by atoms with Crippen molar-refractivity contribution in [1.29, 1.82) is 0 Å². The zero-order valence-corrected chi connectivity index (χ0v) is 14.9. The molecule has 0 aliphatic rings. The smallest absolute Gasteiger partial charge is 0.229 e. The lowest BCUT2D eigenvalue weighted by molar-refractivity contribution is 0.417. The van der Waals surface area contributed by atoms with Crippen LogP contribution in [0.15, 0.2) is 48.5 Å². The number of methoxy groups -OCH3 is 1. The Morgan fingerprint density at radius 1 is 0.840 bits per heavy atom. The summed E-state index contributed by atoms with van der Waals surface area (Å²) >= 11 is 0. The first-order chi connectivity index (χ1) is 12.1. The molecule has 3 rings (SSSR count). The number of aryl methyl sites for hydroxylation is 2. The van der Waals surface area contributed by atoms with E-state index in [2.05, 4.69) is 40.5 Å². The molecule has 0 aliphatic carbocycles. The summed E-state index contributed by atoms with van der Waals surface area (Å²) in [5.41, 5.74) is 5.16. The van der Waals surface area contributed by atoms with Crippen molar-refractivity contribution >= 4 is 23.1 Å². The largest absolute Gasteiger partial charge is 0.495 e. The Bertz CT molecular complexity index is 893. The van der Waals surface area contributed by atoms with E-state index < -0.39 is 0 Å². The van der Waals surface area contributed by atoms with E-state index in [0.717, 1.165) is 22.8 Å². The molecule has 0 unspecified atom stereocenters. The van der Waals surface area contributed by atoms with Crippen LogP contribution in [0.25, 0.3) is 0 Å². The van der Waals surface area contributed by atoms with Crippen molar-refractivity contribution in [3.63, 3.8) is 0 Å². The van der Waals surface area contributed by atoms with Gasteiger partial charge in [-0.15, -0.1) is 0 Å². The Morgan fingerprint density at radius 2 is 1.60 bits per heavy atom. The molecule has 0 atom stereocenters. The molecule has 0 amide bonds. The number of hydrogen-bond acceptors (Lipinski definition) is 5. The van der Waals surface area contributed by atoms with Crippen LogP contribution in [-0.2, 0) is 0 Å². The lowest BCUT2D eigenvalue weighted by atomic mass is 10.1. The molecule has 0 radical (unpaired) electrons. The molecule has 25 heavy (non-hydrogen) atoms. The van der Waals surface area contributed by atoms with Crippen LogP contribution in [0.2, 0.25) is 0 Å². The molecule has 0 fully saturated rings. The molecular weight excluding hydrogens is 312 g/mol. The van der Waals surface area contributed by atoms with Crippen molar-refractivity contribution < 1.29 is 4.74 Å². The van der Waals surface area contributed by atoms with Crippen molar-refractivity contribution in [2.24, 2.45) is 0 Å². The van der Waals surface area contributed by atoms with Gasteiger partial charge >= 0.3 is 0 Å². The van der Waals surface area contributed by atoms with E-state index >= 15 is 0 Å². The lowest BCUT2D eigenvalue weighted by Crippen LogP contribution is -2.04. The van der Waals surface area contributed by atoms with Gasteiger partial charge in [0.2, 0.25) is 5.95 Å². The molecule has 0 aliphatic heterocycles. The highest BCUT2D eigenvalue weighted by Gasteiger charge is 2.08. The average Bonchev–Trinajstić information content (AvgIpc) is 2.59. The summed E-state index contributed by atoms with van der Waals surface area (Å²) in [5.74, 6) is 2.04. The van der Waals surface area contributed by atoms with Crippen LogP contribution in [0, 0.1) is 20.8 Å². The van der Waals surface area contributed by atoms with Crippen LogP contribution in [0.4, 0.5) is 23.1 Å². The van der Waals surface area contributed by atoms with E-state index in [1.54, 1.807) is 7.11 Å². The van der Waals surface area contributed by atoms with Gasteiger partial charge in [-0.3, -0.25) is 0 Å². The van der Waals surface area contributed by atoms with Gasteiger partial charge in [0.15, 0.2) is 0 Å². The van der Waals surface area contributed by atoms with Gasteiger partial charge < -0.3 is 15.4 Å². The first-order valence-corrected chi connectivity index (χ1v) is 8.16. The summed E-state index contributed by atoms with van der Waals surface area (Å²) in [4.78, 5) is 9.07. The Hall–Kier alpha value is -3.08. The molecule has 2 N–H and O–H groups in total. The van der Waals surface area contributed by atoms with Gasteiger partial charge in [0.25, 0.3) is 0 Å². The number of rotatable bonds is 5. The number of hydrogen-bond donors (Lipinski definition) is 2. The van der Waals surface area contributed by atoms with Gasteiger partial charge in [-0.25, -0.2) is 4.98 Å². The minimum Gasteiger partial charge on any atom is -0.495 e. The van der Waals surface area contributed by atoms with Crippen LogP contribution in [0.5, 0.6) is 5.75 Å². The first kappa shape index (κ1) is 16.8. The summed E-state index contributed by atoms with van der Waals surface area (Å²) in [6.07, 6.45) is 0. The Balaban J connectivity index is 1.89. The maximum absolute atomic E-state index is 5.38. The number of anilines is 4. The summed E-state index contributed by atoms with van der Waals surface area (Å²) < 4.78 is 5.38. The van der Waals surface area contributed by atoms with E-state index in [4.69, 9.17) is 4.74 Å². The van der Waals surface area contributed by atoms with Crippen molar-refractivity contribution in [1.82, 2.24) is 9.97 Å². The van der Waals surface area contributed by atoms with E-state index in [0.29, 0.717) is 11.8 Å². The minimum absolute atomic E-state index is 0.561. The Kier molecular flexibility index (Phi) is 4.84. The molecule has 0 spiro atoms. The fraction of sp³-hybridized carbons (Fsp3) is 0.200. The van der Waals surface area contributed by atoms with E-state index in [9.17, 15) is 0 Å². The molecule has 1 aromatic heterocycles. The van der Waals surface area contributed by atoms with Gasteiger partial charge in [-0.05, 0) is 50.1 Å². The zero-order valence-electron chi connectivity index (χ0n) is 14.9. The van der Waals surface area contributed by atoms with Gasteiger partial charge in [0.05, 0.1) is 12.8 Å². The first-order valence-electron chi connectivity index (χ1n) is 8.16. The number of nitrogens with one attached hydrogen (secondary N) is 2. The lowest BCUT2D eigenvalue weighted by Gasteiger charge is -2.13.